The average molecular weight is 1110 g/mol. The zero-order chi connectivity index (χ0) is 57.3. The van der Waals surface area contributed by atoms with Gasteiger partial charge in [0.15, 0.2) is 0 Å². The molecule has 0 N–H and O–H groups in total. The Morgan fingerprint density at radius 3 is 1.65 bits per heavy atom. The van der Waals surface area contributed by atoms with Gasteiger partial charge in [0.05, 0.1) is 5.69 Å². The molecular formula is C78H67BN2O2S. The molecule has 0 fully saturated rings. The topological polar surface area (TPSA) is 32.8 Å². The zero-order valence-corrected chi connectivity index (χ0v) is 50.5. The van der Waals surface area contributed by atoms with Gasteiger partial charge in [0.25, 0.3) is 0 Å². The number of furan rings is 2. The van der Waals surface area contributed by atoms with E-state index in [1.165, 1.54) is 76.6 Å². The van der Waals surface area contributed by atoms with Gasteiger partial charge in [-0.15, -0.1) is 11.3 Å². The van der Waals surface area contributed by atoms with Crippen molar-refractivity contribution in [1.82, 2.24) is 0 Å². The van der Waals surface area contributed by atoms with Crippen LogP contribution in [-0.4, -0.2) is 6.85 Å². The summed E-state index contributed by atoms with van der Waals surface area (Å²) >= 11 is 1.94. The molecule has 3 aliphatic rings. The molecule has 1 aliphatic carbocycles. The fourth-order valence-corrected chi connectivity index (χ4v) is 15.6. The van der Waals surface area contributed by atoms with E-state index in [0.29, 0.717) is 0 Å². The van der Waals surface area contributed by atoms with Crippen molar-refractivity contribution in [2.24, 2.45) is 0 Å². The van der Waals surface area contributed by atoms with Crippen LogP contribution >= 0.6 is 11.3 Å². The first-order valence-corrected chi connectivity index (χ1v) is 30.9. The van der Waals surface area contributed by atoms with Crippen LogP contribution < -0.4 is 20.6 Å². The van der Waals surface area contributed by atoms with Crippen molar-refractivity contribution < 1.29 is 8.83 Å². The Morgan fingerprint density at radius 2 is 1.00 bits per heavy atom. The third-order valence-electron chi connectivity index (χ3n) is 19.2. The van der Waals surface area contributed by atoms with E-state index >= 15 is 0 Å². The number of hydrogen-bond acceptors (Lipinski definition) is 5. The molecule has 4 nitrogen and oxygen atoms in total. The number of para-hydroxylation sites is 1. The molecule has 0 atom stereocenters. The van der Waals surface area contributed by atoms with E-state index in [1.54, 1.807) is 0 Å². The number of rotatable bonds is 5. The lowest BCUT2D eigenvalue weighted by atomic mass is 9.43. The van der Waals surface area contributed by atoms with Crippen molar-refractivity contribution in [3.05, 3.63) is 222 Å². The highest BCUT2D eigenvalue weighted by atomic mass is 32.1. The zero-order valence-electron chi connectivity index (χ0n) is 49.7. The lowest BCUT2D eigenvalue weighted by Gasteiger charge is -2.46. The van der Waals surface area contributed by atoms with Gasteiger partial charge in [0.1, 0.15) is 22.7 Å². The van der Waals surface area contributed by atoms with E-state index in [1.807, 2.05) is 11.3 Å². The second-order valence-corrected chi connectivity index (χ2v) is 28.6. The molecule has 0 radical (unpaired) electrons. The Morgan fingerprint density at radius 1 is 0.440 bits per heavy atom. The van der Waals surface area contributed by atoms with Crippen LogP contribution in [0.3, 0.4) is 0 Å². The monoisotopic (exact) mass is 1110 g/mol. The molecule has 13 aromatic rings. The second-order valence-electron chi connectivity index (χ2n) is 27.5. The van der Waals surface area contributed by atoms with E-state index in [-0.39, 0.29) is 28.5 Å². The van der Waals surface area contributed by atoms with Crippen LogP contribution in [0.1, 0.15) is 104 Å². The number of hydrogen-bond donors (Lipinski definition) is 0. The highest BCUT2D eigenvalue weighted by Gasteiger charge is 2.48. The first-order chi connectivity index (χ1) is 40.4. The summed E-state index contributed by atoms with van der Waals surface area (Å²) < 4.78 is 17.4. The summed E-state index contributed by atoms with van der Waals surface area (Å²) in [6.07, 6.45) is 2.33. The minimum Gasteiger partial charge on any atom is -0.455 e. The van der Waals surface area contributed by atoms with Gasteiger partial charge >= 0.3 is 6.85 Å². The van der Waals surface area contributed by atoms with E-state index in [9.17, 15) is 0 Å². The standard InChI is InChI=1S/C78H67BN2O2S/c1-75(2,3)49-30-33-51(34-31-49)81-64-45-69-54(55-40-60-61(44-68(55)84-69)78(9,10)37-36-77(60,7)8)39-59(64)70-71-66(43-57-52-28-20-21-29-67(52)82-74(57)70)80(63-35-32-50(76(4,5)6)38-53(63)46-22-14-11-15-23-46)65-42-58-56(41-62(65)79(71)81)72(47-24-16-12-17-25-47)83-73(58)48-26-18-13-19-27-48/h11-35,38-45H,36-37H2,1-10H3. The van der Waals surface area contributed by atoms with Crippen molar-refractivity contribution >= 4 is 110 Å². The highest BCUT2D eigenvalue weighted by molar-refractivity contribution is 7.26. The molecule has 84 heavy (non-hydrogen) atoms. The molecule has 5 heterocycles. The number of nitrogens with zero attached hydrogens (tertiary/aromatic N) is 2. The maximum Gasteiger partial charge on any atom is 0.333 e. The first-order valence-electron chi connectivity index (χ1n) is 30.0. The molecule has 16 rings (SSSR count). The van der Waals surface area contributed by atoms with Gasteiger partial charge in [0, 0.05) is 92.3 Å². The van der Waals surface area contributed by atoms with E-state index in [2.05, 4.69) is 279 Å². The van der Waals surface area contributed by atoms with Gasteiger partial charge < -0.3 is 18.5 Å². The molecule has 0 saturated carbocycles. The van der Waals surface area contributed by atoms with Gasteiger partial charge in [-0.25, -0.2) is 0 Å². The van der Waals surface area contributed by atoms with Crippen molar-refractivity contribution in [2.75, 3.05) is 9.71 Å². The SMILES string of the molecule is CC(C)(C)c1ccc(N2B3c4cc5c(-c6ccccc6)oc(-c6ccccc6)c5cc4N(c4ccc(C(C)(C)C)cc4-c4ccccc4)c4cc5c(oc6ccccc65)c(c43)-c3cc4c(cc32)sc2cc3c(cc24)C(C)(C)CCC3(C)C)cc1. The summed E-state index contributed by atoms with van der Waals surface area (Å²) in [7, 11) is 0. The Bertz CT molecular complexity index is 4860. The molecule has 6 heteroatoms. The summed E-state index contributed by atoms with van der Waals surface area (Å²) in [6.45, 7) is 23.4. The smallest absolute Gasteiger partial charge is 0.333 e. The van der Waals surface area contributed by atoms with Crippen molar-refractivity contribution in [3.63, 3.8) is 0 Å². The van der Waals surface area contributed by atoms with Crippen LogP contribution in [0.15, 0.2) is 209 Å². The van der Waals surface area contributed by atoms with Crippen molar-refractivity contribution in [1.29, 1.82) is 0 Å². The number of thiophene rings is 1. The van der Waals surface area contributed by atoms with Crippen molar-refractivity contribution in [3.8, 4) is 44.9 Å². The van der Waals surface area contributed by atoms with Crippen LogP contribution in [0.4, 0.5) is 28.4 Å². The van der Waals surface area contributed by atoms with Gasteiger partial charge in [-0.3, -0.25) is 0 Å². The predicted octanol–water partition coefficient (Wildman–Crippen LogP) is 21.4. The van der Waals surface area contributed by atoms with E-state index < -0.39 is 0 Å². The summed E-state index contributed by atoms with van der Waals surface area (Å²) in [6, 6.07) is 75.4. The summed E-state index contributed by atoms with van der Waals surface area (Å²) in [4.78, 5) is 5.30. The third kappa shape index (κ3) is 7.65. The van der Waals surface area contributed by atoms with Gasteiger partial charge in [-0.05, 0) is 140 Å². The minimum absolute atomic E-state index is 0.0370. The van der Waals surface area contributed by atoms with Crippen LogP contribution in [0.25, 0.3) is 97.8 Å². The molecule has 0 spiro atoms. The van der Waals surface area contributed by atoms with Gasteiger partial charge in [0.2, 0.25) is 0 Å². The molecule has 410 valence electrons. The molecule has 2 aliphatic heterocycles. The molecule has 0 bridgehead atoms. The Kier molecular flexibility index (Phi) is 10.9. The molecule has 3 aromatic heterocycles. The fraction of sp³-hybridized carbons (Fsp3) is 0.205. The predicted molar refractivity (Wildman–Crippen MR) is 359 cm³/mol. The molecule has 10 aromatic carbocycles. The summed E-state index contributed by atoms with van der Waals surface area (Å²) in [5.74, 6) is 1.71. The Hall–Kier alpha value is -8.58. The second kappa shape index (κ2) is 18.0. The molecule has 0 unspecified atom stereocenters. The Balaban J connectivity index is 1.10. The summed E-state index contributed by atoms with van der Waals surface area (Å²) in [5.41, 5.74) is 22.1. The normalized spacial score (nSPS) is 15.3. The van der Waals surface area contributed by atoms with Crippen LogP contribution in [0, 0.1) is 0 Å². The molecule has 0 saturated heterocycles. The number of anilines is 5. The minimum atomic E-state index is -0.315. The van der Waals surface area contributed by atoms with Crippen LogP contribution in [-0.2, 0) is 21.7 Å². The van der Waals surface area contributed by atoms with Gasteiger partial charge in [-0.2, -0.15) is 0 Å². The quantitative estimate of drug-likeness (QED) is 0.161. The van der Waals surface area contributed by atoms with E-state index in [4.69, 9.17) is 8.83 Å². The number of fused-ring (bicyclic) bond motifs is 13. The average Bonchev–Trinajstić information content (AvgIpc) is 1.26. The lowest BCUT2D eigenvalue weighted by Crippen LogP contribution is -2.61. The van der Waals surface area contributed by atoms with E-state index in [0.717, 1.165) is 95.7 Å². The number of benzene rings is 10. The maximum atomic E-state index is 7.40. The largest absolute Gasteiger partial charge is 0.455 e. The lowest BCUT2D eigenvalue weighted by molar-refractivity contribution is 0.332. The van der Waals surface area contributed by atoms with Crippen molar-refractivity contribution in [2.45, 2.75) is 104 Å². The maximum absolute atomic E-state index is 7.40. The molecule has 0 amide bonds. The van der Waals surface area contributed by atoms with Crippen LogP contribution in [0.5, 0.6) is 0 Å². The third-order valence-corrected chi connectivity index (χ3v) is 20.3. The van der Waals surface area contributed by atoms with Crippen LogP contribution in [0.2, 0.25) is 0 Å². The summed E-state index contributed by atoms with van der Waals surface area (Å²) in [5, 5.41) is 6.96. The molecular weight excluding hydrogens is 1040 g/mol. The highest BCUT2D eigenvalue weighted by Crippen LogP contribution is 2.56. The Labute approximate surface area is 497 Å². The van der Waals surface area contributed by atoms with Gasteiger partial charge in [-0.1, -0.05) is 203 Å². The fourth-order valence-electron chi connectivity index (χ4n) is 14.5. The first kappa shape index (κ1) is 51.1.